The number of phenols is 1. The van der Waals surface area contributed by atoms with Gasteiger partial charge in [-0.15, -0.1) is 20.7 Å². The molecule has 1 heterocycles. The Balaban J connectivity index is 2.25. The second kappa shape index (κ2) is 3.79. The van der Waals surface area contributed by atoms with Gasteiger partial charge in [0, 0.05) is 17.5 Å². The van der Waals surface area contributed by atoms with E-state index in [0.717, 1.165) is 5.56 Å². The van der Waals surface area contributed by atoms with Gasteiger partial charge in [-0.1, -0.05) is 6.07 Å². The van der Waals surface area contributed by atoms with Crippen molar-refractivity contribution in [1.29, 1.82) is 0 Å². The molecule has 1 aromatic rings. The molecule has 0 aromatic heterocycles. The van der Waals surface area contributed by atoms with E-state index >= 15 is 0 Å². The minimum absolute atomic E-state index is 0.174. The molecule has 1 aliphatic rings. The van der Waals surface area contributed by atoms with E-state index in [1.165, 1.54) is 6.07 Å². The molecule has 4 nitrogen and oxygen atoms in total. The molecule has 0 saturated carbocycles. The van der Waals surface area contributed by atoms with Crippen LogP contribution in [0.4, 0.5) is 5.69 Å². The average molecular weight is 241 g/mol. The number of phenolic OH excluding ortho intramolecular Hbond substituents is 1. The molecule has 0 saturated heterocycles. The van der Waals surface area contributed by atoms with Gasteiger partial charge in [0.2, 0.25) is 0 Å². The van der Waals surface area contributed by atoms with Crippen LogP contribution in [0.5, 0.6) is 5.75 Å². The highest BCUT2D eigenvalue weighted by Crippen LogP contribution is 2.53. The molecule has 3 N–H and O–H groups in total. The Bertz CT molecular complexity index is 433. The first-order valence-electron chi connectivity index (χ1n) is 4.26. The zero-order valence-corrected chi connectivity index (χ0v) is 9.58. The SMILES string of the molecule is Nc1cc(O)ccc1CS1(S)C=NN=C1. The van der Waals surface area contributed by atoms with Crippen LogP contribution in [-0.2, 0) is 5.75 Å². The Morgan fingerprint density at radius 3 is 2.60 bits per heavy atom. The lowest BCUT2D eigenvalue weighted by Crippen LogP contribution is -2.00. The zero-order chi connectivity index (χ0) is 10.9. The third kappa shape index (κ3) is 2.27. The topological polar surface area (TPSA) is 71.0 Å². The minimum atomic E-state index is -1.34. The van der Waals surface area contributed by atoms with Crippen molar-refractivity contribution in [2.75, 3.05) is 5.73 Å². The lowest BCUT2D eigenvalue weighted by molar-refractivity contribution is 0.475. The number of hydrogen-bond donors (Lipinski definition) is 3. The molecule has 0 aliphatic carbocycles. The van der Waals surface area contributed by atoms with Crippen molar-refractivity contribution in [3.8, 4) is 5.75 Å². The first-order valence-corrected chi connectivity index (χ1v) is 7.24. The van der Waals surface area contributed by atoms with Crippen LogP contribution < -0.4 is 5.73 Å². The fraction of sp³-hybridized carbons (Fsp3) is 0.111. The quantitative estimate of drug-likeness (QED) is 0.421. The summed E-state index contributed by atoms with van der Waals surface area (Å²) in [6, 6.07) is 4.95. The van der Waals surface area contributed by atoms with Gasteiger partial charge < -0.3 is 10.8 Å². The van der Waals surface area contributed by atoms with E-state index in [0.29, 0.717) is 11.4 Å². The molecular formula is C9H11N3OS2. The van der Waals surface area contributed by atoms with Gasteiger partial charge in [-0.25, -0.2) is 0 Å². The van der Waals surface area contributed by atoms with Crippen molar-refractivity contribution < 1.29 is 5.11 Å². The number of nitrogens with zero attached hydrogens (tertiary/aromatic N) is 2. The average Bonchev–Trinajstić information content (AvgIpc) is 2.58. The summed E-state index contributed by atoms with van der Waals surface area (Å²) in [4.78, 5) is 0. The highest BCUT2D eigenvalue weighted by Gasteiger charge is 2.19. The number of benzene rings is 1. The molecule has 1 aliphatic heterocycles. The molecule has 0 unspecified atom stereocenters. The Morgan fingerprint density at radius 2 is 2.00 bits per heavy atom. The standard InChI is InChI=1S/C9H11N3OS2/c10-9-3-8(13)2-1-7(9)4-15(14)5-11-12-6-15/h1-3,5-6,13-14H,4,10H2. The molecular weight excluding hydrogens is 230 g/mol. The molecule has 15 heavy (non-hydrogen) atoms. The second-order valence-electron chi connectivity index (χ2n) is 3.28. The number of hydrogen-bond acceptors (Lipinski definition) is 5. The third-order valence-electron chi connectivity index (χ3n) is 2.04. The molecule has 0 radical (unpaired) electrons. The van der Waals surface area contributed by atoms with E-state index in [1.54, 1.807) is 23.2 Å². The summed E-state index contributed by atoms with van der Waals surface area (Å²) in [5, 5.41) is 16.8. The maximum atomic E-state index is 9.22. The van der Waals surface area contributed by atoms with Crippen LogP contribution in [0.3, 0.4) is 0 Å². The van der Waals surface area contributed by atoms with Gasteiger partial charge in [0.25, 0.3) is 0 Å². The third-order valence-corrected chi connectivity index (χ3v) is 4.69. The van der Waals surface area contributed by atoms with Gasteiger partial charge >= 0.3 is 0 Å². The van der Waals surface area contributed by atoms with Crippen molar-refractivity contribution in [1.82, 2.24) is 0 Å². The maximum Gasteiger partial charge on any atom is 0.117 e. The fourth-order valence-electron chi connectivity index (χ4n) is 1.28. The Hall–Kier alpha value is -1.14. The monoisotopic (exact) mass is 241 g/mol. The predicted octanol–water partition coefficient (Wildman–Crippen LogP) is 2.11. The van der Waals surface area contributed by atoms with E-state index in [2.05, 4.69) is 21.9 Å². The summed E-state index contributed by atoms with van der Waals surface area (Å²) < 4.78 is 0. The smallest absolute Gasteiger partial charge is 0.117 e. The number of aromatic hydroxyl groups is 1. The molecule has 6 heteroatoms. The van der Waals surface area contributed by atoms with Crippen LogP contribution in [-0.4, -0.2) is 16.2 Å². The van der Waals surface area contributed by atoms with Crippen LogP contribution in [0.25, 0.3) is 0 Å². The minimum Gasteiger partial charge on any atom is -0.508 e. The summed E-state index contributed by atoms with van der Waals surface area (Å²) >= 11 is 4.53. The maximum absolute atomic E-state index is 9.22. The Morgan fingerprint density at radius 1 is 1.33 bits per heavy atom. The first-order chi connectivity index (χ1) is 7.09. The van der Waals surface area contributed by atoms with E-state index < -0.39 is 9.06 Å². The first kappa shape index (κ1) is 10.4. The van der Waals surface area contributed by atoms with Crippen molar-refractivity contribution >= 4 is 37.5 Å². The number of rotatable bonds is 2. The van der Waals surface area contributed by atoms with Gasteiger partial charge in [-0.2, -0.15) is 10.2 Å². The molecule has 0 atom stereocenters. The summed E-state index contributed by atoms with van der Waals surface area (Å²) in [5.74, 6) is 0.864. The molecule has 0 spiro atoms. The van der Waals surface area contributed by atoms with E-state index in [1.807, 2.05) is 0 Å². The van der Waals surface area contributed by atoms with Crippen LogP contribution in [0.2, 0.25) is 0 Å². The van der Waals surface area contributed by atoms with Crippen LogP contribution >= 0.6 is 20.7 Å². The van der Waals surface area contributed by atoms with Gasteiger partial charge in [-0.05, 0) is 11.6 Å². The number of nitrogens with two attached hydrogens (primary N) is 1. The predicted molar refractivity (Wildman–Crippen MR) is 69.8 cm³/mol. The number of nitrogen functional groups attached to an aromatic ring is 1. The summed E-state index contributed by atoms with van der Waals surface area (Å²) in [6.45, 7) is 0. The van der Waals surface area contributed by atoms with Crippen LogP contribution in [0.1, 0.15) is 5.56 Å². The van der Waals surface area contributed by atoms with Crippen LogP contribution in [0.15, 0.2) is 28.4 Å². The molecule has 0 fully saturated rings. The number of thiol groups is 1. The summed E-state index contributed by atoms with van der Waals surface area (Å²) in [7, 11) is -1.34. The van der Waals surface area contributed by atoms with Gasteiger partial charge in [-0.3, -0.25) is 0 Å². The zero-order valence-electron chi connectivity index (χ0n) is 7.87. The highest BCUT2D eigenvalue weighted by molar-refractivity contribution is 8.98. The lowest BCUT2D eigenvalue weighted by atomic mass is 10.2. The lowest BCUT2D eigenvalue weighted by Gasteiger charge is -2.21. The van der Waals surface area contributed by atoms with Gasteiger partial charge in [0.05, 0.1) is 11.1 Å². The van der Waals surface area contributed by atoms with E-state index in [4.69, 9.17) is 5.73 Å². The Labute approximate surface area is 94.0 Å². The fourth-order valence-corrected chi connectivity index (χ4v) is 3.35. The van der Waals surface area contributed by atoms with Gasteiger partial charge in [0.15, 0.2) is 0 Å². The summed E-state index contributed by atoms with van der Waals surface area (Å²) in [6.07, 6.45) is 0. The van der Waals surface area contributed by atoms with Crippen molar-refractivity contribution in [3.63, 3.8) is 0 Å². The largest absolute Gasteiger partial charge is 0.508 e. The van der Waals surface area contributed by atoms with Crippen molar-refractivity contribution in [2.24, 2.45) is 10.2 Å². The molecule has 2 rings (SSSR count). The van der Waals surface area contributed by atoms with Crippen molar-refractivity contribution in [2.45, 2.75) is 5.75 Å². The highest BCUT2D eigenvalue weighted by atomic mass is 33.1. The molecule has 1 aromatic carbocycles. The van der Waals surface area contributed by atoms with E-state index in [-0.39, 0.29) is 5.75 Å². The van der Waals surface area contributed by atoms with Crippen LogP contribution in [0, 0.1) is 0 Å². The molecule has 0 amide bonds. The second-order valence-corrected chi connectivity index (χ2v) is 7.65. The van der Waals surface area contributed by atoms with E-state index in [9.17, 15) is 5.11 Å². The molecule has 80 valence electrons. The van der Waals surface area contributed by atoms with Gasteiger partial charge in [0.1, 0.15) is 5.75 Å². The molecule has 0 bridgehead atoms. The summed E-state index contributed by atoms with van der Waals surface area (Å²) in [5.41, 5.74) is 10.8. The number of anilines is 1. The van der Waals surface area contributed by atoms with Crippen molar-refractivity contribution in [3.05, 3.63) is 23.8 Å². The Kier molecular flexibility index (Phi) is 2.62. The normalized spacial score (nSPS) is 19.3.